The molecule has 8 heteroatoms. The highest BCUT2D eigenvalue weighted by Crippen LogP contribution is 2.22. The average Bonchev–Trinajstić information content (AvgIpc) is 2.61. The van der Waals surface area contributed by atoms with Crippen molar-refractivity contribution < 1.29 is 14.1 Å². The van der Waals surface area contributed by atoms with Crippen molar-refractivity contribution in [1.82, 2.24) is 4.90 Å². The molecule has 0 radical (unpaired) electrons. The molecule has 0 aliphatic carbocycles. The van der Waals surface area contributed by atoms with E-state index in [0.717, 1.165) is 5.69 Å². The normalized spacial score (nSPS) is 14.5. The van der Waals surface area contributed by atoms with E-state index in [4.69, 9.17) is 0 Å². The number of nitro groups is 1. The average molecular weight is 408 g/mol. The van der Waals surface area contributed by atoms with E-state index in [0.29, 0.717) is 30.7 Å². The second kappa shape index (κ2) is 7.18. The Balaban J connectivity index is 1.65. The minimum atomic E-state index is -0.544. The lowest BCUT2D eigenvalue weighted by Crippen LogP contribution is -2.49. The zero-order chi connectivity index (χ0) is 18.0. The summed E-state index contributed by atoms with van der Waals surface area (Å²) in [6.07, 6.45) is 0. The molecule has 1 saturated heterocycles. The second-order valence-electron chi connectivity index (χ2n) is 5.68. The smallest absolute Gasteiger partial charge is 0.269 e. The van der Waals surface area contributed by atoms with Crippen molar-refractivity contribution in [1.29, 1.82) is 0 Å². The van der Waals surface area contributed by atoms with Crippen molar-refractivity contribution in [2.24, 2.45) is 0 Å². The van der Waals surface area contributed by atoms with Gasteiger partial charge in [-0.05, 0) is 30.3 Å². The molecule has 1 heterocycles. The predicted molar refractivity (Wildman–Crippen MR) is 95.3 cm³/mol. The number of nitrogens with zero attached hydrogens (tertiary/aromatic N) is 3. The molecule has 2 aromatic carbocycles. The van der Waals surface area contributed by atoms with Gasteiger partial charge in [0.15, 0.2) is 0 Å². The fraction of sp³-hybridized carbons (Fsp3) is 0.235. The number of hydrogen-bond acceptors (Lipinski definition) is 4. The third-order valence-corrected chi connectivity index (χ3v) is 4.65. The molecule has 0 atom stereocenters. The molecule has 0 N–H and O–H groups in total. The first-order valence-electron chi connectivity index (χ1n) is 7.69. The first-order valence-corrected chi connectivity index (χ1v) is 8.49. The van der Waals surface area contributed by atoms with Crippen molar-refractivity contribution in [2.45, 2.75) is 0 Å². The zero-order valence-electron chi connectivity index (χ0n) is 13.2. The number of piperazine rings is 1. The summed E-state index contributed by atoms with van der Waals surface area (Å²) in [6.45, 7) is 2.10. The molecule has 1 fully saturated rings. The van der Waals surface area contributed by atoms with Crippen LogP contribution in [0.3, 0.4) is 0 Å². The highest BCUT2D eigenvalue weighted by Gasteiger charge is 2.24. The van der Waals surface area contributed by atoms with Crippen molar-refractivity contribution in [3.63, 3.8) is 0 Å². The maximum absolute atomic E-state index is 14.0. The van der Waals surface area contributed by atoms with Gasteiger partial charge in [-0.25, -0.2) is 4.39 Å². The molecule has 0 saturated carbocycles. The van der Waals surface area contributed by atoms with Gasteiger partial charge in [0.2, 0.25) is 0 Å². The third-order valence-electron chi connectivity index (χ3n) is 4.15. The van der Waals surface area contributed by atoms with Crippen LogP contribution in [0.5, 0.6) is 0 Å². The molecule has 1 aliphatic rings. The predicted octanol–water partition coefficient (Wildman–Crippen LogP) is 3.46. The highest BCUT2D eigenvalue weighted by atomic mass is 79.9. The van der Waals surface area contributed by atoms with E-state index < -0.39 is 10.7 Å². The lowest BCUT2D eigenvalue weighted by atomic mass is 10.1. The molecule has 1 aliphatic heterocycles. The number of benzene rings is 2. The van der Waals surface area contributed by atoms with Crippen LogP contribution in [0.15, 0.2) is 46.9 Å². The topological polar surface area (TPSA) is 66.7 Å². The number of rotatable bonds is 3. The second-order valence-corrected chi connectivity index (χ2v) is 6.59. The minimum Gasteiger partial charge on any atom is -0.368 e. The minimum absolute atomic E-state index is 0.0447. The molecule has 0 unspecified atom stereocenters. The molecular weight excluding hydrogens is 393 g/mol. The van der Waals surface area contributed by atoms with Crippen LogP contribution in [-0.4, -0.2) is 41.9 Å². The van der Waals surface area contributed by atoms with Gasteiger partial charge in [-0.3, -0.25) is 14.9 Å². The summed E-state index contributed by atoms with van der Waals surface area (Å²) in [6, 6.07) is 10.7. The van der Waals surface area contributed by atoms with Gasteiger partial charge in [0.1, 0.15) is 5.82 Å². The SMILES string of the molecule is O=C(c1ccc(Br)cc1F)N1CCN(c2ccc([N+](=O)[O-])cc2)CC1. The van der Waals surface area contributed by atoms with Crippen LogP contribution in [0.25, 0.3) is 0 Å². The largest absolute Gasteiger partial charge is 0.368 e. The van der Waals surface area contributed by atoms with Crippen LogP contribution in [0.1, 0.15) is 10.4 Å². The molecule has 0 aromatic heterocycles. The van der Waals surface area contributed by atoms with Crippen LogP contribution in [0.4, 0.5) is 15.8 Å². The summed E-state index contributed by atoms with van der Waals surface area (Å²) >= 11 is 3.18. The quantitative estimate of drug-likeness (QED) is 0.577. The lowest BCUT2D eigenvalue weighted by molar-refractivity contribution is -0.384. The first kappa shape index (κ1) is 17.3. The Labute approximate surface area is 152 Å². The number of nitro benzene ring substituents is 1. The van der Waals surface area contributed by atoms with Gasteiger partial charge in [-0.15, -0.1) is 0 Å². The van der Waals surface area contributed by atoms with Gasteiger partial charge in [0.05, 0.1) is 10.5 Å². The number of anilines is 1. The first-order chi connectivity index (χ1) is 12.0. The van der Waals surface area contributed by atoms with E-state index in [9.17, 15) is 19.3 Å². The van der Waals surface area contributed by atoms with Crippen molar-refractivity contribution in [2.75, 3.05) is 31.1 Å². The molecule has 0 bridgehead atoms. The Hall–Kier alpha value is -2.48. The highest BCUT2D eigenvalue weighted by molar-refractivity contribution is 9.10. The maximum atomic E-state index is 14.0. The van der Waals surface area contributed by atoms with Crippen LogP contribution >= 0.6 is 15.9 Å². The van der Waals surface area contributed by atoms with Gasteiger partial charge >= 0.3 is 0 Å². The fourth-order valence-electron chi connectivity index (χ4n) is 2.79. The number of hydrogen-bond donors (Lipinski definition) is 0. The monoisotopic (exact) mass is 407 g/mol. The van der Waals surface area contributed by atoms with E-state index in [1.807, 2.05) is 4.90 Å². The standard InChI is InChI=1S/C17H15BrFN3O3/c18-12-1-6-15(16(19)11-12)17(23)21-9-7-20(8-10-21)13-2-4-14(5-3-13)22(24)25/h1-6,11H,7-10H2. The molecular formula is C17H15BrFN3O3. The summed E-state index contributed by atoms with van der Waals surface area (Å²) in [7, 11) is 0. The molecule has 3 rings (SSSR count). The molecule has 130 valence electrons. The van der Waals surface area contributed by atoms with Gasteiger partial charge in [-0.1, -0.05) is 15.9 Å². The summed E-state index contributed by atoms with van der Waals surface area (Å²) in [5.74, 6) is -0.870. The van der Waals surface area contributed by atoms with Crippen molar-refractivity contribution in [3.05, 3.63) is 68.4 Å². The molecule has 6 nitrogen and oxygen atoms in total. The number of non-ortho nitro benzene ring substituents is 1. The van der Waals surface area contributed by atoms with Crippen molar-refractivity contribution >= 4 is 33.2 Å². The van der Waals surface area contributed by atoms with Crippen LogP contribution in [-0.2, 0) is 0 Å². The Morgan fingerprint density at radius 1 is 1.08 bits per heavy atom. The van der Waals surface area contributed by atoms with Crippen LogP contribution in [0.2, 0.25) is 0 Å². The zero-order valence-corrected chi connectivity index (χ0v) is 14.8. The fourth-order valence-corrected chi connectivity index (χ4v) is 3.12. The number of carbonyl (C=O) groups is 1. The Morgan fingerprint density at radius 3 is 2.28 bits per heavy atom. The van der Waals surface area contributed by atoms with E-state index >= 15 is 0 Å². The van der Waals surface area contributed by atoms with Crippen LogP contribution in [0, 0.1) is 15.9 Å². The van der Waals surface area contributed by atoms with E-state index in [-0.39, 0.29) is 17.2 Å². The summed E-state index contributed by atoms with van der Waals surface area (Å²) in [4.78, 5) is 26.4. The van der Waals surface area contributed by atoms with Crippen LogP contribution < -0.4 is 4.90 Å². The molecule has 0 spiro atoms. The van der Waals surface area contributed by atoms with E-state index in [1.54, 1.807) is 23.1 Å². The maximum Gasteiger partial charge on any atom is 0.269 e. The van der Waals surface area contributed by atoms with Gasteiger partial charge in [0, 0.05) is 48.5 Å². The summed E-state index contributed by atoms with van der Waals surface area (Å²) < 4.78 is 14.5. The van der Waals surface area contributed by atoms with Crippen molar-refractivity contribution in [3.8, 4) is 0 Å². The number of amides is 1. The van der Waals surface area contributed by atoms with Gasteiger partial charge < -0.3 is 9.80 Å². The number of carbonyl (C=O) groups excluding carboxylic acids is 1. The Morgan fingerprint density at radius 2 is 1.72 bits per heavy atom. The Bertz CT molecular complexity index is 805. The molecule has 2 aromatic rings. The van der Waals surface area contributed by atoms with E-state index in [2.05, 4.69) is 15.9 Å². The lowest BCUT2D eigenvalue weighted by Gasteiger charge is -2.36. The van der Waals surface area contributed by atoms with Gasteiger partial charge in [0.25, 0.3) is 11.6 Å². The molecule has 1 amide bonds. The summed E-state index contributed by atoms with van der Waals surface area (Å²) in [5, 5.41) is 10.7. The number of halogens is 2. The van der Waals surface area contributed by atoms with E-state index in [1.165, 1.54) is 24.3 Å². The molecule has 25 heavy (non-hydrogen) atoms. The summed E-state index contributed by atoms with van der Waals surface area (Å²) in [5.41, 5.74) is 0.975. The van der Waals surface area contributed by atoms with Gasteiger partial charge in [-0.2, -0.15) is 0 Å². The Kier molecular flexibility index (Phi) is 4.98. The third kappa shape index (κ3) is 3.79.